The van der Waals surface area contributed by atoms with Crippen LogP contribution in [-0.2, 0) is 59.0 Å². The van der Waals surface area contributed by atoms with E-state index in [4.69, 9.17) is 14.2 Å². The van der Waals surface area contributed by atoms with Gasteiger partial charge in [0.1, 0.15) is 71.8 Å². The number of aromatic hydroxyl groups is 2. The van der Waals surface area contributed by atoms with Gasteiger partial charge in [0.15, 0.2) is 17.9 Å². The lowest BCUT2D eigenvalue weighted by Gasteiger charge is -2.43. The fourth-order valence-electron chi connectivity index (χ4n) is 12.1. The van der Waals surface area contributed by atoms with Crippen molar-refractivity contribution in [3.8, 4) is 17.2 Å². The average Bonchev–Trinajstić information content (AvgIpc) is 0.819. The number of hydrogen-bond acceptors (Lipinski definition) is 19. The molecule has 12 atom stereocenters. The van der Waals surface area contributed by atoms with Crippen LogP contribution < -0.4 is 42.0 Å². The first-order valence-corrected chi connectivity index (χ1v) is 30.8. The molecule has 4 aliphatic rings. The highest BCUT2D eigenvalue weighted by atomic mass is 16.7. The van der Waals surface area contributed by atoms with Gasteiger partial charge in [-0.15, -0.1) is 0 Å². The van der Waals surface area contributed by atoms with E-state index in [2.05, 4.69) is 37.2 Å². The number of nitrogens with zero attached hydrogens (tertiary/aromatic N) is 1. The lowest BCUT2D eigenvalue weighted by molar-refractivity contribution is -0.249. The van der Waals surface area contributed by atoms with Gasteiger partial charge in [0.25, 0.3) is 0 Å². The van der Waals surface area contributed by atoms with Crippen molar-refractivity contribution in [2.24, 2.45) is 23.7 Å². The first kappa shape index (κ1) is 71.5. The summed E-state index contributed by atoms with van der Waals surface area (Å²) in [5, 5.41) is 75.8. The third-order valence-corrected chi connectivity index (χ3v) is 16.6. The highest BCUT2D eigenvalue weighted by Crippen LogP contribution is 2.52. The third-order valence-electron chi connectivity index (χ3n) is 16.6. The van der Waals surface area contributed by atoms with Gasteiger partial charge < -0.3 is 81.9 Å². The number of ketones is 3. The van der Waals surface area contributed by atoms with Crippen LogP contribution in [0.2, 0.25) is 0 Å². The molecule has 8 amide bonds. The van der Waals surface area contributed by atoms with Crippen LogP contribution in [0.3, 0.4) is 0 Å². The molecule has 2 heterocycles. The van der Waals surface area contributed by atoms with Crippen molar-refractivity contribution in [3.63, 3.8) is 0 Å². The summed E-state index contributed by atoms with van der Waals surface area (Å²) in [7, 11) is 1.28. The van der Waals surface area contributed by atoms with Crippen LogP contribution in [0.4, 0.5) is 0 Å². The Morgan fingerprint density at radius 2 is 1.28 bits per heavy atom. The van der Waals surface area contributed by atoms with Gasteiger partial charge in [-0.05, 0) is 82.1 Å². The molecule has 27 heteroatoms. The van der Waals surface area contributed by atoms with E-state index in [0.717, 1.165) is 0 Å². The molecule has 496 valence electrons. The van der Waals surface area contributed by atoms with Gasteiger partial charge in [-0.2, -0.15) is 0 Å². The topological polar surface area (TPSA) is 404 Å². The Balaban J connectivity index is 1.12. The summed E-state index contributed by atoms with van der Waals surface area (Å²) in [6.45, 7) is 17.5. The molecule has 12 N–H and O–H groups in total. The number of phenolic OH excluding ortho intramolecular Hbond substituents is 2. The number of ether oxygens (including phenoxy) is 3. The largest absolute Gasteiger partial charge is 0.507 e. The second-order valence-electron chi connectivity index (χ2n) is 25.8. The van der Waals surface area contributed by atoms with Crippen LogP contribution in [0.15, 0.2) is 18.2 Å². The van der Waals surface area contributed by atoms with E-state index in [1.165, 1.54) is 51.0 Å². The van der Waals surface area contributed by atoms with Crippen molar-refractivity contribution in [1.82, 2.24) is 42.1 Å². The molecule has 2 fully saturated rings. The van der Waals surface area contributed by atoms with Gasteiger partial charge >= 0.3 is 0 Å². The number of amides is 8. The number of fused-ring (bicyclic) bond motifs is 3. The molecule has 27 nitrogen and oxygen atoms in total. The van der Waals surface area contributed by atoms with Crippen LogP contribution in [0.25, 0.3) is 0 Å². The van der Waals surface area contributed by atoms with E-state index in [-0.39, 0.29) is 89.7 Å². The maximum Gasteiger partial charge on any atom is 0.243 e. The quantitative estimate of drug-likeness (QED) is 0.0472. The Kier molecular flexibility index (Phi) is 24.2. The summed E-state index contributed by atoms with van der Waals surface area (Å²) in [4.78, 5) is 151. The normalized spacial score (nSPS) is 22.9. The summed E-state index contributed by atoms with van der Waals surface area (Å²) < 4.78 is 17.8. The molecule has 0 bridgehead atoms. The Labute approximate surface area is 523 Å². The summed E-state index contributed by atoms with van der Waals surface area (Å²) in [6, 6.07) is -3.68. The number of aliphatic hydroxyl groups is 3. The summed E-state index contributed by atoms with van der Waals surface area (Å²) in [5.74, 6) is -10.2. The highest BCUT2D eigenvalue weighted by Gasteiger charge is 2.51. The average molecular weight is 1260 g/mol. The number of nitrogens with one attached hydrogen (secondary N) is 7. The lowest BCUT2D eigenvalue weighted by atomic mass is 9.72. The monoisotopic (exact) mass is 1260 g/mol. The second-order valence-corrected chi connectivity index (χ2v) is 25.8. The van der Waals surface area contributed by atoms with Crippen LogP contribution in [-0.4, -0.2) is 188 Å². The van der Waals surface area contributed by atoms with Crippen molar-refractivity contribution in [2.75, 3.05) is 26.8 Å². The van der Waals surface area contributed by atoms with E-state index in [1.54, 1.807) is 27.7 Å². The predicted molar refractivity (Wildman–Crippen MR) is 322 cm³/mol. The number of Topliss-reactive ketones (excluding diaryl/α,β-unsaturated/α-hetero) is 1. The predicted octanol–water partition coefficient (Wildman–Crippen LogP) is 0.914. The molecular formula is C63H90N8O19. The molecule has 2 aromatic carbocycles. The van der Waals surface area contributed by atoms with Gasteiger partial charge in [-0.1, -0.05) is 67.5 Å². The maximum atomic E-state index is 14.4. The minimum absolute atomic E-state index is 0.00760. The fourth-order valence-corrected chi connectivity index (χ4v) is 12.1. The molecule has 0 spiro atoms. The number of rotatable bonds is 27. The van der Waals surface area contributed by atoms with Crippen molar-refractivity contribution < 1.29 is 92.5 Å². The molecule has 0 aromatic heterocycles. The van der Waals surface area contributed by atoms with E-state index < -0.39 is 180 Å². The van der Waals surface area contributed by atoms with Gasteiger partial charge in [0.05, 0.1) is 48.6 Å². The minimum atomic E-state index is -2.46. The third kappa shape index (κ3) is 16.9. The zero-order valence-corrected chi connectivity index (χ0v) is 53.3. The number of hydrogen-bond donors (Lipinski definition) is 12. The number of benzene rings is 2. The van der Waals surface area contributed by atoms with Crippen molar-refractivity contribution in [2.45, 2.75) is 206 Å². The highest BCUT2D eigenvalue weighted by molar-refractivity contribution is 6.31. The van der Waals surface area contributed by atoms with Crippen molar-refractivity contribution in [3.05, 3.63) is 51.6 Å². The number of carbonyl (C=O) groups excluding carboxylic acids is 11. The van der Waals surface area contributed by atoms with Crippen LogP contribution in [0.5, 0.6) is 17.2 Å². The molecule has 2 saturated heterocycles. The first-order valence-electron chi connectivity index (χ1n) is 30.8. The number of likely N-dealkylation sites (tertiary alicyclic amines) is 1. The second kappa shape index (κ2) is 30.5. The van der Waals surface area contributed by atoms with E-state index >= 15 is 0 Å². The van der Waals surface area contributed by atoms with Gasteiger partial charge in [-0.25, -0.2) is 0 Å². The Morgan fingerprint density at radius 1 is 0.722 bits per heavy atom. The number of aliphatic hydroxyl groups excluding tert-OH is 2. The molecule has 2 aliphatic carbocycles. The molecule has 2 aromatic rings. The number of methoxy groups -OCH3 is 1. The van der Waals surface area contributed by atoms with E-state index in [1.807, 2.05) is 27.7 Å². The SMILES string of the molecule is COc1cccc2c1C(=O)c1c(O)c3c(c(O)c1C2=O)C[C@@](O)(C(=O)CO)C[C@@H]3O[C@H]1C[C@H](NC(=O)[C@H](CC(C)C)NC(=O)[C@H](CC(C)C)NC(=O)[C@H](C)NC(=O)[C@H](CC(C)C)NC(=O)CNC(=O)[C@H](CC(C)C)NC(=O)[C@@H]2CCCN2C(C)=O)[C@H](O)[C@H](C)O1. The molecule has 90 heavy (non-hydrogen) atoms. The fraction of sp³-hybridized carbons (Fsp3) is 0.635. The molecule has 0 radical (unpaired) electrons. The molecular weight excluding hydrogens is 1170 g/mol. The maximum absolute atomic E-state index is 14.4. The van der Waals surface area contributed by atoms with E-state index in [0.29, 0.717) is 19.4 Å². The van der Waals surface area contributed by atoms with Crippen LogP contribution in [0.1, 0.15) is 177 Å². The van der Waals surface area contributed by atoms with Crippen molar-refractivity contribution >= 4 is 64.6 Å². The van der Waals surface area contributed by atoms with Crippen LogP contribution in [0, 0.1) is 23.7 Å². The summed E-state index contributed by atoms with van der Waals surface area (Å²) in [6.07, 6.45) is -5.69. The zero-order chi connectivity index (χ0) is 67.0. The number of carbonyl (C=O) groups is 11. The smallest absolute Gasteiger partial charge is 0.243 e. The Morgan fingerprint density at radius 3 is 1.86 bits per heavy atom. The van der Waals surface area contributed by atoms with Gasteiger partial charge in [0, 0.05) is 49.4 Å². The van der Waals surface area contributed by atoms with Crippen molar-refractivity contribution in [1.29, 1.82) is 0 Å². The summed E-state index contributed by atoms with van der Waals surface area (Å²) >= 11 is 0. The first-order chi connectivity index (χ1) is 42.2. The Bertz CT molecular complexity index is 3080. The zero-order valence-electron chi connectivity index (χ0n) is 53.3. The Hall–Kier alpha value is -7.59. The molecule has 0 saturated carbocycles. The van der Waals surface area contributed by atoms with E-state index in [9.17, 15) is 78.3 Å². The molecule has 0 unspecified atom stereocenters. The van der Waals surface area contributed by atoms with Gasteiger partial charge in [-0.3, -0.25) is 52.7 Å². The minimum Gasteiger partial charge on any atom is -0.507 e. The standard InChI is InChI=1S/C63H90N8O19/c1-28(2)19-38(70-62(86)42-16-14-18-71(42)34(11)73)58(82)64-26-46(75)66-39(20-29(3)4)59(83)65-32(9)57(81)68-40(21-30(5)6)61(85)69-41(22-31(7)8)60(84)67-37-23-47(89-33(10)52(37)76)90-44-25-63(87,45(74)27-72)24-36-49(44)56(80)51-50(54(36)78)53(77)35-15-13-17-43(88-12)48(35)55(51)79/h13,15,17,28-33,37-42,44,47,52,72,76,78,80,87H,14,16,18-27H2,1-12H3,(H,64,82)(H,65,83)(H,66,75)(H,67,84)(H,68,81)(H,69,85)(H,70,86)/t32-,33-,37-,38-,39-,40-,41-,42-,44-,47-,52+,63-/m0/s1. The van der Waals surface area contributed by atoms with Gasteiger partial charge in [0.2, 0.25) is 53.0 Å². The lowest BCUT2D eigenvalue weighted by Crippen LogP contribution is -2.61. The molecule has 2 aliphatic heterocycles. The molecule has 6 rings (SSSR count). The van der Waals surface area contributed by atoms with Crippen LogP contribution >= 0.6 is 0 Å². The number of phenols is 2. The summed E-state index contributed by atoms with van der Waals surface area (Å²) in [5.41, 5.74) is -4.57.